The number of fused-ring (bicyclic) bond motifs is 4. The van der Waals surface area contributed by atoms with E-state index in [1.165, 1.54) is 0 Å². The topological polar surface area (TPSA) is 32.3 Å². The average Bonchev–Trinajstić information content (AvgIpc) is 2.97. The van der Waals surface area contributed by atoms with Gasteiger partial charge in [0.2, 0.25) is 0 Å². The lowest BCUT2D eigenvalue weighted by Crippen LogP contribution is -2.44. The predicted molar refractivity (Wildman–Crippen MR) is 68.3 cm³/mol. The number of carbonyl (C=O) groups excluding carboxylic acids is 1. The number of rotatable bonds is 0. The molecular weight excluding hydrogens is 232 g/mol. The molecule has 1 atom stereocenters. The molecule has 1 N–H and O–H groups in total. The molecule has 1 spiro atoms. The molecule has 4 rings (SSSR count). The van der Waals surface area contributed by atoms with E-state index in [9.17, 15) is 4.79 Å². The molecule has 4 heteroatoms. The van der Waals surface area contributed by atoms with Crippen LogP contribution >= 0.6 is 11.8 Å². The Morgan fingerprint density at radius 3 is 3.18 bits per heavy atom. The van der Waals surface area contributed by atoms with E-state index in [0.717, 1.165) is 22.8 Å². The Morgan fingerprint density at radius 2 is 2.24 bits per heavy atom. The van der Waals surface area contributed by atoms with E-state index in [2.05, 4.69) is 15.6 Å². The van der Waals surface area contributed by atoms with Gasteiger partial charge < -0.3 is 10.2 Å². The Morgan fingerprint density at radius 1 is 1.35 bits per heavy atom. The van der Waals surface area contributed by atoms with E-state index in [0.29, 0.717) is 0 Å². The normalized spacial score (nSPS) is 28.4. The van der Waals surface area contributed by atoms with Crippen LogP contribution in [0.15, 0.2) is 47.5 Å². The zero-order valence-electron chi connectivity index (χ0n) is 9.01. The fraction of sp³-hybridized carbons (Fsp3) is 0.154. The quantitative estimate of drug-likeness (QED) is 0.757. The Kier molecular flexibility index (Phi) is 1.63. The van der Waals surface area contributed by atoms with Gasteiger partial charge in [0.05, 0.1) is 5.88 Å². The second kappa shape index (κ2) is 2.96. The number of carbonyl (C=O) groups is 1. The summed E-state index contributed by atoms with van der Waals surface area (Å²) >= 11 is 1.74. The molecule has 0 aliphatic carbocycles. The number of hydrogen-bond acceptors (Lipinski definition) is 3. The third kappa shape index (κ3) is 0.971. The summed E-state index contributed by atoms with van der Waals surface area (Å²) in [4.78, 5) is 14.5. The van der Waals surface area contributed by atoms with Crippen molar-refractivity contribution in [2.24, 2.45) is 0 Å². The first kappa shape index (κ1) is 9.36. The fourth-order valence-corrected chi connectivity index (χ4v) is 3.72. The van der Waals surface area contributed by atoms with Crippen LogP contribution in [0, 0.1) is 0 Å². The van der Waals surface area contributed by atoms with E-state index < -0.39 is 5.54 Å². The number of allylic oxidation sites excluding steroid dienone is 1. The van der Waals surface area contributed by atoms with Crippen LogP contribution in [0.3, 0.4) is 0 Å². The van der Waals surface area contributed by atoms with Crippen LogP contribution in [-0.4, -0.2) is 16.7 Å². The summed E-state index contributed by atoms with van der Waals surface area (Å²) in [6.45, 7) is 0. The maximum absolute atomic E-state index is 12.4. The molecule has 84 valence electrons. The minimum Gasteiger partial charge on any atom is -0.340 e. The first-order valence-corrected chi connectivity index (χ1v) is 6.57. The first-order chi connectivity index (χ1) is 8.32. The molecule has 1 unspecified atom stereocenters. The third-order valence-corrected chi connectivity index (χ3v) is 4.39. The van der Waals surface area contributed by atoms with Crippen molar-refractivity contribution in [1.29, 1.82) is 0 Å². The number of anilines is 1. The minimum absolute atomic E-state index is 0.0563. The molecular formula is C13H10N2OS. The van der Waals surface area contributed by atoms with Gasteiger partial charge in [-0.3, -0.25) is 4.79 Å². The highest BCUT2D eigenvalue weighted by Gasteiger charge is 2.53. The minimum atomic E-state index is -0.605. The summed E-state index contributed by atoms with van der Waals surface area (Å²) in [5.41, 5.74) is 2.53. The molecule has 17 heavy (non-hydrogen) atoms. The van der Waals surface area contributed by atoms with Crippen LogP contribution in [0.25, 0.3) is 0 Å². The lowest BCUT2D eigenvalue weighted by molar-refractivity contribution is -0.123. The summed E-state index contributed by atoms with van der Waals surface area (Å²) in [6.07, 6.45) is 4.06. The van der Waals surface area contributed by atoms with Crippen LogP contribution in [0.4, 0.5) is 5.69 Å². The van der Waals surface area contributed by atoms with Crippen LogP contribution in [0.1, 0.15) is 5.56 Å². The molecule has 0 saturated carbocycles. The van der Waals surface area contributed by atoms with Crippen molar-refractivity contribution >= 4 is 23.4 Å². The van der Waals surface area contributed by atoms with Gasteiger partial charge in [-0.25, -0.2) is 0 Å². The van der Waals surface area contributed by atoms with Crippen molar-refractivity contribution < 1.29 is 4.79 Å². The van der Waals surface area contributed by atoms with Gasteiger partial charge >= 0.3 is 0 Å². The van der Waals surface area contributed by atoms with Gasteiger partial charge in [-0.15, -0.1) is 11.8 Å². The lowest BCUT2D eigenvalue weighted by Gasteiger charge is -2.32. The van der Waals surface area contributed by atoms with Gasteiger partial charge in [-0.05, 0) is 23.6 Å². The molecule has 0 radical (unpaired) electrons. The SMILES string of the molecule is O=C1Nc2ccccc2C12C=CC1=CSCN12. The highest BCUT2D eigenvalue weighted by atomic mass is 32.2. The van der Waals surface area contributed by atoms with Gasteiger partial charge in [0.25, 0.3) is 5.91 Å². The molecule has 0 fully saturated rings. The van der Waals surface area contributed by atoms with Crippen molar-refractivity contribution in [3.63, 3.8) is 0 Å². The summed E-state index contributed by atoms with van der Waals surface area (Å²) in [7, 11) is 0. The molecule has 3 aliphatic heterocycles. The zero-order valence-corrected chi connectivity index (χ0v) is 9.83. The molecule has 0 saturated heterocycles. The van der Waals surface area contributed by atoms with Crippen molar-refractivity contribution in [3.8, 4) is 0 Å². The molecule has 0 bridgehead atoms. The monoisotopic (exact) mass is 242 g/mol. The van der Waals surface area contributed by atoms with Crippen molar-refractivity contribution in [3.05, 3.63) is 53.1 Å². The summed E-state index contributed by atoms with van der Waals surface area (Å²) in [5, 5.41) is 5.09. The van der Waals surface area contributed by atoms with Gasteiger partial charge in [0, 0.05) is 16.9 Å². The van der Waals surface area contributed by atoms with Crippen LogP contribution in [0.5, 0.6) is 0 Å². The predicted octanol–water partition coefficient (Wildman–Crippen LogP) is 2.25. The Labute approximate surface area is 103 Å². The maximum atomic E-state index is 12.4. The number of nitrogens with zero attached hydrogens (tertiary/aromatic N) is 1. The standard InChI is InChI=1S/C13H10N2OS/c16-12-13(6-5-9-7-17-8-15(9)13)10-3-1-2-4-11(10)14-12/h1-7H,8H2,(H,14,16). The van der Waals surface area contributed by atoms with Gasteiger partial charge in [-0.2, -0.15) is 0 Å². The second-order valence-electron chi connectivity index (χ2n) is 4.37. The number of thioether (sulfide) groups is 1. The maximum Gasteiger partial charge on any atom is 0.259 e. The smallest absolute Gasteiger partial charge is 0.259 e. The Balaban J connectivity index is 1.98. The van der Waals surface area contributed by atoms with Gasteiger partial charge in [0.15, 0.2) is 5.54 Å². The van der Waals surface area contributed by atoms with E-state index in [1.807, 2.05) is 36.4 Å². The Hall–Kier alpha value is -1.68. The van der Waals surface area contributed by atoms with Crippen LogP contribution < -0.4 is 5.32 Å². The second-order valence-corrected chi connectivity index (χ2v) is 5.19. The number of hydrogen-bond donors (Lipinski definition) is 1. The fourth-order valence-electron chi connectivity index (χ4n) is 2.76. The zero-order chi connectivity index (χ0) is 11.5. The first-order valence-electron chi connectivity index (χ1n) is 5.52. The molecule has 1 aromatic rings. The largest absolute Gasteiger partial charge is 0.340 e. The molecule has 3 aliphatic rings. The van der Waals surface area contributed by atoms with E-state index in [4.69, 9.17) is 0 Å². The molecule has 1 amide bonds. The molecule has 3 heterocycles. The molecule has 3 nitrogen and oxygen atoms in total. The summed E-state index contributed by atoms with van der Waals surface area (Å²) < 4.78 is 0. The number of nitrogens with one attached hydrogen (secondary N) is 1. The van der Waals surface area contributed by atoms with E-state index in [-0.39, 0.29) is 5.91 Å². The average molecular weight is 242 g/mol. The van der Waals surface area contributed by atoms with Crippen molar-refractivity contribution in [2.75, 3.05) is 11.2 Å². The Bertz CT molecular complexity index is 593. The van der Waals surface area contributed by atoms with Gasteiger partial charge in [-0.1, -0.05) is 18.2 Å². The van der Waals surface area contributed by atoms with Crippen LogP contribution in [-0.2, 0) is 10.3 Å². The van der Waals surface area contributed by atoms with Gasteiger partial charge in [0.1, 0.15) is 0 Å². The highest BCUT2D eigenvalue weighted by molar-refractivity contribution is 8.02. The van der Waals surface area contributed by atoms with Crippen molar-refractivity contribution in [2.45, 2.75) is 5.54 Å². The lowest BCUT2D eigenvalue weighted by atomic mass is 9.91. The van der Waals surface area contributed by atoms with E-state index >= 15 is 0 Å². The van der Waals surface area contributed by atoms with E-state index in [1.54, 1.807) is 11.8 Å². The van der Waals surface area contributed by atoms with Crippen LogP contribution in [0.2, 0.25) is 0 Å². The third-order valence-electron chi connectivity index (χ3n) is 3.57. The summed E-state index contributed by atoms with van der Waals surface area (Å²) in [5.74, 6) is 0.894. The molecule has 1 aromatic carbocycles. The number of amides is 1. The number of para-hydroxylation sites is 1. The van der Waals surface area contributed by atoms with Crippen molar-refractivity contribution in [1.82, 2.24) is 4.90 Å². The summed E-state index contributed by atoms with van der Waals surface area (Å²) in [6, 6.07) is 7.93. The molecule has 0 aromatic heterocycles. The highest BCUT2D eigenvalue weighted by Crippen LogP contribution is 2.49. The number of benzene rings is 1.